The number of hydrogen-bond acceptors (Lipinski definition) is 6. The molecule has 0 amide bonds. The molecule has 2 aromatic heterocycles. The predicted octanol–water partition coefficient (Wildman–Crippen LogP) is -0.184. The minimum atomic E-state index is -1.42. The first-order valence-corrected chi connectivity index (χ1v) is 4.05. The molecule has 0 saturated heterocycles. The van der Waals surface area contributed by atoms with Crippen molar-refractivity contribution < 1.29 is 19.8 Å². The minimum absolute atomic E-state index is 0.0417. The quantitative estimate of drug-likeness (QED) is 0.713. The summed E-state index contributed by atoms with van der Waals surface area (Å²) in [5.41, 5.74) is -0.581. The molecule has 0 fully saturated rings. The maximum Gasteiger partial charge on any atom is 0.374 e. The van der Waals surface area contributed by atoms with Gasteiger partial charge in [0, 0.05) is 12.4 Å². The van der Waals surface area contributed by atoms with Crippen molar-refractivity contribution in [2.45, 2.75) is 0 Å². The van der Waals surface area contributed by atoms with Crippen molar-refractivity contribution in [2.75, 3.05) is 0 Å². The third kappa shape index (κ3) is 1.52. The van der Waals surface area contributed by atoms with Gasteiger partial charge in [0.05, 0.1) is 0 Å². The number of carboxylic acid groups (broad SMARTS) is 2. The molecule has 0 aliphatic carbocycles. The maximum absolute atomic E-state index is 10.8. The summed E-state index contributed by atoms with van der Waals surface area (Å²) in [4.78, 5) is 35.9. The Bertz CT molecular complexity index is 598. The van der Waals surface area contributed by atoms with Gasteiger partial charge in [0.1, 0.15) is 5.52 Å². The molecule has 0 spiro atoms. The van der Waals surface area contributed by atoms with Gasteiger partial charge in [0.25, 0.3) is 0 Å². The van der Waals surface area contributed by atoms with E-state index in [2.05, 4.69) is 19.9 Å². The summed E-state index contributed by atoms with van der Waals surface area (Å²) < 4.78 is 0. The molecule has 0 aliphatic rings. The van der Waals surface area contributed by atoms with Gasteiger partial charge in [-0.3, -0.25) is 0 Å². The number of nitrogens with zero attached hydrogens (tertiary/aromatic N) is 4. The van der Waals surface area contributed by atoms with Gasteiger partial charge in [-0.15, -0.1) is 0 Å². The SMILES string of the molecule is O=C(O)c1nc(C(=O)O)c2nccnc2n1. The Kier molecular flexibility index (Phi) is 2.16. The normalized spacial score (nSPS) is 10.2. The van der Waals surface area contributed by atoms with Crippen LogP contribution in [0.4, 0.5) is 0 Å². The monoisotopic (exact) mass is 220 g/mol. The molecule has 8 nitrogen and oxygen atoms in total. The molecule has 0 unspecified atom stereocenters. The standard InChI is InChI=1S/C8H4N4O4/c13-7(14)4-3-5(10-2-1-9-3)12-6(11-4)8(15)16/h1-2H,(H,13,14)(H,15,16). The molecule has 0 aromatic carbocycles. The molecule has 0 bridgehead atoms. The number of hydrogen-bond donors (Lipinski definition) is 2. The van der Waals surface area contributed by atoms with Crippen LogP contribution in [0.5, 0.6) is 0 Å². The highest BCUT2D eigenvalue weighted by Gasteiger charge is 2.18. The van der Waals surface area contributed by atoms with E-state index < -0.39 is 23.5 Å². The molecule has 0 aliphatic heterocycles. The van der Waals surface area contributed by atoms with Crippen LogP contribution < -0.4 is 0 Å². The number of rotatable bonds is 2. The fraction of sp³-hybridized carbons (Fsp3) is 0. The summed E-state index contributed by atoms with van der Waals surface area (Å²) >= 11 is 0. The third-order valence-corrected chi connectivity index (χ3v) is 1.73. The molecule has 0 atom stereocenters. The fourth-order valence-corrected chi connectivity index (χ4v) is 1.11. The Labute approximate surface area is 87.6 Å². The van der Waals surface area contributed by atoms with Crippen molar-refractivity contribution in [3.8, 4) is 0 Å². The average Bonchev–Trinajstić information content (AvgIpc) is 2.27. The van der Waals surface area contributed by atoms with E-state index in [4.69, 9.17) is 10.2 Å². The van der Waals surface area contributed by atoms with Gasteiger partial charge in [-0.2, -0.15) is 0 Å². The van der Waals surface area contributed by atoms with Crippen LogP contribution in [-0.2, 0) is 0 Å². The van der Waals surface area contributed by atoms with E-state index in [0.29, 0.717) is 0 Å². The first-order chi connectivity index (χ1) is 7.59. The smallest absolute Gasteiger partial charge is 0.374 e. The molecule has 8 heteroatoms. The fourth-order valence-electron chi connectivity index (χ4n) is 1.11. The Morgan fingerprint density at radius 1 is 1.00 bits per heavy atom. The Morgan fingerprint density at radius 2 is 1.69 bits per heavy atom. The largest absolute Gasteiger partial charge is 0.476 e. The Hall–Kier alpha value is -2.64. The lowest BCUT2D eigenvalue weighted by molar-refractivity contribution is 0.0681. The molecule has 2 aromatic rings. The molecular weight excluding hydrogens is 216 g/mol. The van der Waals surface area contributed by atoms with Gasteiger partial charge in [-0.25, -0.2) is 29.5 Å². The van der Waals surface area contributed by atoms with E-state index >= 15 is 0 Å². The molecule has 2 N–H and O–H groups in total. The highest BCUT2D eigenvalue weighted by atomic mass is 16.4. The van der Waals surface area contributed by atoms with Crippen LogP contribution in [0.1, 0.15) is 21.1 Å². The van der Waals surface area contributed by atoms with Gasteiger partial charge in [0.15, 0.2) is 11.3 Å². The van der Waals surface area contributed by atoms with Gasteiger partial charge in [0.2, 0.25) is 5.82 Å². The van der Waals surface area contributed by atoms with Crippen molar-refractivity contribution >= 4 is 23.1 Å². The Balaban J connectivity index is 2.84. The second kappa shape index (κ2) is 3.50. The van der Waals surface area contributed by atoms with Crippen LogP contribution in [0.3, 0.4) is 0 Å². The zero-order valence-electron chi connectivity index (χ0n) is 7.65. The molecule has 2 rings (SSSR count). The van der Waals surface area contributed by atoms with Gasteiger partial charge in [-0.1, -0.05) is 0 Å². The molecule has 0 saturated carbocycles. The molecule has 0 radical (unpaired) electrons. The highest BCUT2D eigenvalue weighted by molar-refractivity contribution is 5.99. The topological polar surface area (TPSA) is 126 Å². The van der Waals surface area contributed by atoms with E-state index in [1.807, 2.05) is 0 Å². The van der Waals surface area contributed by atoms with Crippen LogP contribution >= 0.6 is 0 Å². The summed E-state index contributed by atoms with van der Waals surface area (Å²) in [6, 6.07) is 0. The zero-order valence-corrected chi connectivity index (χ0v) is 7.65. The molecular formula is C8H4N4O4. The number of carbonyl (C=O) groups is 2. The summed E-state index contributed by atoms with van der Waals surface area (Å²) in [6.45, 7) is 0. The van der Waals surface area contributed by atoms with Crippen LogP contribution in [0.2, 0.25) is 0 Å². The number of carboxylic acids is 2. The predicted molar refractivity (Wildman–Crippen MR) is 49.0 cm³/mol. The van der Waals surface area contributed by atoms with Gasteiger partial charge in [-0.05, 0) is 0 Å². The van der Waals surface area contributed by atoms with Crippen LogP contribution in [-0.4, -0.2) is 42.1 Å². The first-order valence-electron chi connectivity index (χ1n) is 4.05. The Morgan fingerprint density at radius 3 is 2.31 bits per heavy atom. The molecule has 80 valence electrons. The highest BCUT2D eigenvalue weighted by Crippen LogP contribution is 2.10. The van der Waals surface area contributed by atoms with Gasteiger partial charge >= 0.3 is 11.9 Å². The van der Waals surface area contributed by atoms with Crippen LogP contribution in [0.25, 0.3) is 11.2 Å². The van der Waals surface area contributed by atoms with E-state index in [1.165, 1.54) is 12.4 Å². The second-order valence-electron chi connectivity index (χ2n) is 2.73. The minimum Gasteiger partial charge on any atom is -0.476 e. The lowest BCUT2D eigenvalue weighted by atomic mass is 10.3. The van der Waals surface area contributed by atoms with E-state index in [9.17, 15) is 9.59 Å². The van der Waals surface area contributed by atoms with Gasteiger partial charge < -0.3 is 10.2 Å². The summed E-state index contributed by atoms with van der Waals surface area (Å²) in [5, 5.41) is 17.5. The van der Waals surface area contributed by atoms with Crippen molar-refractivity contribution in [2.24, 2.45) is 0 Å². The summed E-state index contributed by atoms with van der Waals surface area (Å²) in [7, 11) is 0. The lowest BCUT2D eigenvalue weighted by Gasteiger charge is -2.00. The average molecular weight is 220 g/mol. The van der Waals surface area contributed by atoms with Crippen molar-refractivity contribution in [3.63, 3.8) is 0 Å². The van der Waals surface area contributed by atoms with E-state index in [1.54, 1.807) is 0 Å². The maximum atomic E-state index is 10.8. The van der Waals surface area contributed by atoms with Crippen LogP contribution in [0, 0.1) is 0 Å². The zero-order chi connectivity index (χ0) is 11.7. The first kappa shape index (κ1) is 9.90. The molecule has 2 heterocycles. The van der Waals surface area contributed by atoms with Crippen molar-refractivity contribution in [1.29, 1.82) is 0 Å². The number of aromatic carboxylic acids is 2. The second-order valence-corrected chi connectivity index (χ2v) is 2.73. The third-order valence-electron chi connectivity index (χ3n) is 1.73. The molecule has 16 heavy (non-hydrogen) atoms. The van der Waals surface area contributed by atoms with Crippen molar-refractivity contribution in [3.05, 3.63) is 23.9 Å². The summed E-state index contributed by atoms with van der Waals surface area (Å²) in [5.74, 6) is -3.42. The number of fused-ring (bicyclic) bond motifs is 1. The summed E-state index contributed by atoms with van der Waals surface area (Å²) in [6.07, 6.45) is 2.56. The lowest BCUT2D eigenvalue weighted by Crippen LogP contribution is -2.12. The van der Waals surface area contributed by atoms with E-state index in [-0.39, 0.29) is 11.2 Å². The van der Waals surface area contributed by atoms with Crippen LogP contribution in [0.15, 0.2) is 12.4 Å². The van der Waals surface area contributed by atoms with Crippen molar-refractivity contribution in [1.82, 2.24) is 19.9 Å². The van der Waals surface area contributed by atoms with E-state index in [0.717, 1.165) is 0 Å². The number of aromatic nitrogens is 4.